The normalized spacial score (nSPS) is 17.8. The molecule has 24 heavy (non-hydrogen) atoms. The van der Waals surface area contributed by atoms with Crippen molar-refractivity contribution in [3.63, 3.8) is 0 Å². The Morgan fingerprint density at radius 2 is 1.83 bits per heavy atom. The molecule has 4 nitrogen and oxygen atoms in total. The lowest BCUT2D eigenvalue weighted by Gasteiger charge is -2.24. The molecule has 1 heterocycles. The monoisotopic (exact) mass is 340 g/mol. The van der Waals surface area contributed by atoms with Crippen LogP contribution in [0.1, 0.15) is 23.2 Å². The van der Waals surface area contributed by atoms with Crippen molar-refractivity contribution in [2.24, 2.45) is 0 Å². The molecule has 5 heteroatoms. The Morgan fingerprint density at radius 3 is 2.67 bits per heavy atom. The standard InChI is InChI=1S/C19H20N2O2S/c1-13-6-2-5-9-19(13)24(22,23)21-14-10-11-18-16(12-14)15-7-3-4-8-17(15)20-18/h2-9,14,20-21H,10-12H2,1H3. The molecular weight excluding hydrogens is 320 g/mol. The molecule has 1 aliphatic carbocycles. The number of hydrogen-bond acceptors (Lipinski definition) is 2. The Bertz CT molecular complexity index is 1010. The van der Waals surface area contributed by atoms with Gasteiger partial charge in [-0.05, 0) is 49.4 Å². The summed E-state index contributed by atoms with van der Waals surface area (Å²) in [5, 5.41) is 1.20. The minimum absolute atomic E-state index is 0.0682. The van der Waals surface area contributed by atoms with Crippen LogP contribution in [0.15, 0.2) is 53.4 Å². The minimum Gasteiger partial charge on any atom is -0.358 e. The first-order valence-electron chi connectivity index (χ1n) is 8.21. The van der Waals surface area contributed by atoms with Gasteiger partial charge < -0.3 is 4.98 Å². The van der Waals surface area contributed by atoms with E-state index in [0.717, 1.165) is 30.3 Å². The molecule has 124 valence electrons. The van der Waals surface area contributed by atoms with Gasteiger partial charge in [0.25, 0.3) is 0 Å². The lowest BCUT2D eigenvalue weighted by Crippen LogP contribution is -2.38. The van der Waals surface area contributed by atoms with Crippen molar-refractivity contribution in [1.82, 2.24) is 9.71 Å². The first-order chi connectivity index (χ1) is 11.5. The van der Waals surface area contributed by atoms with Gasteiger partial charge in [0, 0.05) is 22.6 Å². The molecule has 0 saturated carbocycles. The van der Waals surface area contributed by atoms with Gasteiger partial charge in [0.05, 0.1) is 4.90 Å². The van der Waals surface area contributed by atoms with Gasteiger partial charge in [-0.2, -0.15) is 0 Å². The van der Waals surface area contributed by atoms with Crippen LogP contribution >= 0.6 is 0 Å². The van der Waals surface area contributed by atoms with Crippen molar-refractivity contribution in [2.75, 3.05) is 0 Å². The summed E-state index contributed by atoms with van der Waals surface area (Å²) < 4.78 is 28.3. The van der Waals surface area contributed by atoms with E-state index in [1.165, 1.54) is 16.6 Å². The second kappa shape index (κ2) is 5.76. The Kier molecular flexibility index (Phi) is 3.70. The summed E-state index contributed by atoms with van der Waals surface area (Å²) in [5.74, 6) is 0. The largest absolute Gasteiger partial charge is 0.358 e. The van der Waals surface area contributed by atoms with E-state index in [-0.39, 0.29) is 6.04 Å². The molecule has 3 aromatic rings. The lowest BCUT2D eigenvalue weighted by molar-refractivity contribution is 0.506. The first kappa shape index (κ1) is 15.4. The van der Waals surface area contributed by atoms with Crippen LogP contribution in [0.2, 0.25) is 0 Å². The number of H-pyrrole nitrogens is 1. The maximum absolute atomic E-state index is 12.7. The number of sulfonamides is 1. The maximum Gasteiger partial charge on any atom is 0.241 e. The summed E-state index contributed by atoms with van der Waals surface area (Å²) in [6.45, 7) is 1.83. The van der Waals surface area contributed by atoms with Crippen LogP contribution in [0.25, 0.3) is 10.9 Å². The fourth-order valence-corrected chi connectivity index (χ4v) is 5.13. The zero-order valence-electron chi connectivity index (χ0n) is 13.5. The van der Waals surface area contributed by atoms with E-state index in [2.05, 4.69) is 21.8 Å². The summed E-state index contributed by atoms with van der Waals surface area (Å²) in [4.78, 5) is 3.83. The van der Waals surface area contributed by atoms with Gasteiger partial charge in [-0.1, -0.05) is 36.4 Å². The van der Waals surface area contributed by atoms with E-state index >= 15 is 0 Å². The number of rotatable bonds is 3. The summed E-state index contributed by atoms with van der Waals surface area (Å²) >= 11 is 0. The van der Waals surface area contributed by atoms with Crippen LogP contribution in [0.5, 0.6) is 0 Å². The average Bonchev–Trinajstić information content (AvgIpc) is 2.93. The number of aromatic nitrogens is 1. The molecule has 2 N–H and O–H groups in total. The summed E-state index contributed by atoms with van der Waals surface area (Å²) in [7, 11) is -3.49. The molecule has 0 saturated heterocycles. The molecule has 0 bridgehead atoms. The smallest absolute Gasteiger partial charge is 0.241 e. The second-order valence-electron chi connectivity index (χ2n) is 6.45. The van der Waals surface area contributed by atoms with Crippen LogP contribution in [0.4, 0.5) is 0 Å². The topological polar surface area (TPSA) is 62.0 Å². The fourth-order valence-electron chi connectivity index (χ4n) is 3.61. The van der Waals surface area contributed by atoms with Crippen molar-refractivity contribution in [3.8, 4) is 0 Å². The molecule has 1 aromatic heterocycles. The van der Waals surface area contributed by atoms with Crippen LogP contribution in [0.3, 0.4) is 0 Å². The maximum atomic E-state index is 12.7. The molecule has 0 aliphatic heterocycles. The van der Waals surface area contributed by atoms with Crippen LogP contribution in [-0.4, -0.2) is 19.4 Å². The molecule has 2 aromatic carbocycles. The van der Waals surface area contributed by atoms with E-state index in [1.54, 1.807) is 12.1 Å². The van der Waals surface area contributed by atoms with Crippen molar-refractivity contribution in [3.05, 3.63) is 65.4 Å². The van der Waals surface area contributed by atoms with Crippen molar-refractivity contribution >= 4 is 20.9 Å². The zero-order chi connectivity index (χ0) is 16.7. The predicted octanol–water partition coefficient (Wildman–Crippen LogP) is 3.31. The SMILES string of the molecule is Cc1ccccc1S(=O)(=O)NC1CCc2[nH]c3ccccc3c2C1. The Morgan fingerprint density at radius 1 is 1.08 bits per heavy atom. The highest BCUT2D eigenvalue weighted by atomic mass is 32.2. The summed E-state index contributed by atoms with van der Waals surface area (Å²) in [5.41, 5.74) is 4.38. The molecule has 1 aliphatic rings. The first-order valence-corrected chi connectivity index (χ1v) is 9.69. The van der Waals surface area contributed by atoms with E-state index < -0.39 is 10.0 Å². The zero-order valence-corrected chi connectivity index (χ0v) is 14.4. The lowest BCUT2D eigenvalue weighted by atomic mass is 9.92. The minimum atomic E-state index is -3.49. The highest BCUT2D eigenvalue weighted by Gasteiger charge is 2.27. The molecule has 0 radical (unpaired) electrons. The number of para-hydroxylation sites is 1. The molecule has 1 unspecified atom stereocenters. The Balaban J connectivity index is 1.62. The van der Waals surface area contributed by atoms with Crippen molar-refractivity contribution in [1.29, 1.82) is 0 Å². The third kappa shape index (κ3) is 2.64. The third-order valence-corrected chi connectivity index (χ3v) is 6.48. The molecule has 1 atom stereocenters. The van der Waals surface area contributed by atoms with Gasteiger partial charge in [0.15, 0.2) is 0 Å². The van der Waals surface area contributed by atoms with Crippen molar-refractivity contribution < 1.29 is 8.42 Å². The fraction of sp³-hybridized carbons (Fsp3) is 0.263. The van der Waals surface area contributed by atoms with Gasteiger partial charge >= 0.3 is 0 Å². The summed E-state index contributed by atoms with van der Waals surface area (Å²) in [6, 6.07) is 15.3. The molecule has 0 amide bonds. The molecule has 0 fully saturated rings. The summed E-state index contributed by atoms with van der Waals surface area (Å²) in [6.07, 6.45) is 2.40. The van der Waals surface area contributed by atoms with Crippen molar-refractivity contribution in [2.45, 2.75) is 37.1 Å². The Labute approximate surface area is 142 Å². The van der Waals surface area contributed by atoms with Crippen LogP contribution in [-0.2, 0) is 22.9 Å². The number of aryl methyl sites for hydroxylation is 2. The van der Waals surface area contributed by atoms with Gasteiger partial charge in [-0.15, -0.1) is 0 Å². The highest BCUT2D eigenvalue weighted by molar-refractivity contribution is 7.89. The average molecular weight is 340 g/mol. The Hall–Kier alpha value is -2.11. The predicted molar refractivity (Wildman–Crippen MR) is 95.6 cm³/mol. The number of hydrogen-bond donors (Lipinski definition) is 2. The van der Waals surface area contributed by atoms with Gasteiger partial charge in [0.2, 0.25) is 10.0 Å². The number of aromatic amines is 1. The quantitative estimate of drug-likeness (QED) is 0.768. The number of fused-ring (bicyclic) bond motifs is 3. The highest BCUT2D eigenvalue weighted by Crippen LogP contribution is 2.29. The number of benzene rings is 2. The van der Waals surface area contributed by atoms with E-state index in [1.807, 2.05) is 31.2 Å². The molecular formula is C19H20N2O2S. The third-order valence-electron chi connectivity index (χ3n) is 4.80. The van der Waals surface area contributed by atoms with Gasteiger partial charge in [-0.25, -0.2) is 13.1 Å². The van der Waals surface area contributed by atoms with E-state index in [4.69, 9.17) is 0 Å². The van der Waals surface area contributed by atoms with Crippen LogP contribution < -0.4 is 4.72 Å². The van der Waals surface area contributed by atoms with Crippen LogP contribution in [0, 0.1) is 6.92 Å². The molecule has 4 rings (SSSR count). The molecule has 0 spiro atoms. The van der Waals surface area contributed by atoms with E-state index in [9.17, 15) is 8.42 Å². The van der Waals surface area contributed by atoms with Gasteiger partial charge in [-0.3, -0.25) is 0 Å². The van der Waals surface area contributed by atoms with Gasteiger partial charge in [0.1, 0.15) is 0 Å². The van der Waals surface area contributed by atoms with E-state index in [0.29, 0.717) is 4.90 Å². The second-order valence-corrected chi connectivity index (χ2v) is 8.14. The number of nitrogens with one attached hydrogen (secondary N) is 2.